The van der Waals surface area contributed by atoms with Gasteiger partial charge in [-0.15, -0.1) is 0 Å². The number of aromatic hydroxyl groups is 1. The molecule has 3 aromatic rings. The van der Waals surface area contributed by atoms with Gasteiger partial charge >= 0.3 is 0 Å². The Labute approximate surface area is 175 Å². The van der Waals surface area contributed by atoms with Crippen molar-refractivity contribution in [2.45, 2.75) is 19.0 Å². The van der Waals surface area contributed by atoms with Crippen LogP contribution in [0.3, 0.4) is 0 Å². The normalized spacial score (nSPS) is 11.5. The van der Waals surface area contributed by atoms with Crippen LogP contribution in [-0.4, -0.2) is 17.6 Å². The van der Waals surface area contributed by atoms with E-state index in [0.29, 0.717) is 24.8 Å². The molecule has 0 saturated carbocycles. The molecular weight excluding hydrogens is 403 g/mol. The molecule has 0 fully saturated rings. The minimum absolute atomic E-state index is 0.347. The second kappa shape index (κ2) is 9.73. The second-order valence-electron chi connectivity index (χ2n) is 6.72. The summed E-state index contributed by atoms with van der Waals surface area (Å²) in [4.78, 5) is 0. The molecule has 0 aliphatic carbocycles. The van der Waals surface area contributed by atoms with Crippen molar-refractivity contribution in [2.75, 3.05) is 12.5 Å². The summed E-state index contributed by atoms with van der Waals surface area (Å²) in [5.41, 5.74) is 2.75. The van der Waals surface area contributed by atoms with Gasteiger partial charge in [0.2, 0.25) is 0 Å². The van der Waals surface area contributed by atoms with Gasteiger partial charge in [0.1, 0.15) is 5.75 Å². The second-order valence-corrected chi connectivity index (χ2v) is 15.4. The maximum Gasteiger partial charge on any atom is 0.194 e. The van der Waals surface area contributed by atoms with Crippen LogP contribution in [0.5, 0.6) is 5.75 Å². The Morgan fingerprint density at radius 2 is 1.18 bits per heavy atom. The zero-order chi connectivity index (χ0) is 20.0. The Morgan fingerprint density at radius 3 is 1.57 bits per heavy atom. The quantitative estimate of drug-likeness (QED) is 0.392. The van der Waals surface area contributed by atoms with Gasteiger partial charge in [-0.05, 0) is 40.3 Å². The maximum atomic E-state index is 13.0. The molecule has 0 aliphatic heterocycles. The van der Waals surface area contributed by atoms with Gasteiger partial charge in [-0.1, -0.05) is 95.6 Å². The van der Waals surface area contributed by atoms with Crippen molar-refractivity contribution in [3.8, 4) is 5.75 Å². The van der Waals surface area contributed by atoms with Crippen LogP contribution < -0.4 is 0 Å². The molecule has 0 saturated heterocycles. The van der Waals surface area contributed by atoms with Crippen LogP contribution in [0.4, 0.5) is 0 Å². The lowest BCUT2D eigenvalue weighted by Crippen LogP contribution is -1.98. The van der Waals surface area contributed by atoms with E-state index in [1.807, 2.05) is 61.0 Å². The first kappa shape index (κ1) is 21.1. The topological polar surface area (TPSA) is 37.3 Å². The van der Waals surface area contributed by atoms with Gasteiger partial charge in [0.15, 0.2) is 5.55 Å². The van der Waals surface area contributed by atoms with Gasteiger partial charge in [0.25, 0.3) is 0 Å². The van der Waals surface area contributed by atoms with Gasteiger partial charge in [-0.2, -0.15) is 0 Å². The van der Waals surface area contributed by atoms with Gasteiger partial charge in [-0.3, -0.25) is 0 Å². The molecule has 1 N–H and O–H groups in total. The zero-order valence-corrected chi connectivity index (χ0v) is 18.7. The van der Waals surface area contributed by atoms with Gasteiger partial charge in [0.05, 0.1) is 0 Å². The number of phenolic OH excluding ortho intramolecular Hbond substituents is 1. The monoisotopic (exact) mass is 428 g/mol. The molecule has 0 unspecified atom stereocenters. The van der Waals surface area contributed by atoms with Crippen molar-refractivity contribution in [2.24, 2.45) is 0 Å². The fourth-order valence-corrected chi connectivity index (χ4v) is 7.75. The molecule has 3 rings (SSSR count). The average molecular weight is 429 g/mol. The van der Waals surface area contributed by atoms with Crippen LogP contribution in [0.15, 0.2) is 72.8 Å². The van der Waals surface area contributed by atoms with Gasteiger partial charge in [0, 0.05) is 19.0 Å². The van der Waals surface area contributed by atoms with Crippen molar-refractivity contribution in [1.82, 2.24) is 0 Å². The predicted molar refractivity (Wildman–Crippen MR) is 125 cm³/mol. The first-order chi connectivity index (χ1) is 13.5. The van der Waals surface area contributed by atoms with Crippen molar-refractivity contribution in [3.05, 3.63) is 101 Å². The van der Waals surface area contributed by atoms with Gasteiger partial charge in [-0.25, -0.2) is 0 Å². The lowest BCUT2D eigenvalue weighted by atomic mass is 9.95. The Hall–Kier alpha value is -1.61. The van der Waals surface area contributed by atoms with E-state index in [1.165, 1.54) is 22.8 Å². The summed E-state index contributed by atoms with van der Waals surface area (Å²) in [6, 6.07) is 24.3. The minimum atomic E-state index is -2.37. The summed E-state index contributed by atoms with van der Waals surface area (Å²) in [7, 11) is 0. The van der Waals surface area contributed by atoms with Gasteiger partial charge < -0.3 is 9.67 Å². The minimum Gasteiger partial charge on any atom is -0.507 e. The van der Waals surface area contributed by atoms with Crippen LogP contribution in [0.25, 0.3) is 0 Å². The van der Waals surface area contributed by atoms with E-state index in [2.05, 4.69) is 24.3 Å². The Bertz CT molecular complexity index is 888. The molecule has 0 aliphatic rings. The van der Waals surface area contributed by atoms with E-state index in [1.54, 1.807) is 0 Å². The van der Waals surface area contributed by atoms with Crippen molar-refractivity contribution in [3.63, 3.8) is 0 Å². The molecule has 0 aromatic heterocycles. The third-order valence-electron chi connectivity index (χ3n) is 4.73. The van der Waals surface area contributed by atoms with E-state index in [0.717, 1.165) is 27.8 Å². The molecule has 0 bridgehead atoms. The van der Waals surface area contributed by atoms with Crippen LogP contribution in [0, 0.1) is 0 Å². The summed E-state index contributed by atoms with van der Waals surface area (Å²) in [5.74, 6) is 0.347. The van der Waals surface area contributed by atoms with E-state index in [9.17, 15) is 9.67 Å². The van der Waals surface area contributed by atoms with Crippen LogP contribution in [-0.2, 0) is 23.6 Å². The highest BCUT2D eigenvalue weighted by Gasteiger charge is 2.22. The van der Waals surface area contributed by atoms with Crippen molar-refractivity contribution in [1.29, 1.82) is 0 Å². The molecule has 0 amide bonds. The number of phenols is 1. The number of hydrogen-bond acceptors (Lipinski definition) is 4. The Kier molecular flexibility index (Phi) is 7.34. The molecule has 2 nitrogen and oxygen atoms in total. The van der Waals surface area contributed by atoms with E-state index in [-0.39, 0.29) is 0 Å². The predicted octanol–water partition coefficient (Wildman–Crippen LogP) is 6.99. The molecular formula is C23H25O2PS2. The van der Waals surface area contributed by atoms with Crippen molar-refractivity contribution < 1.29 is 9.67 Å². The highest BCUT2D eigenvalue weighted by atomic mass is 33.1. The van der Waals surface area contributed by atoms with E-state index in [4.69, 9.17) is 0 Å². The van der Waals surface area contributed by atoms with E-state index >= 15 is 0 Å². The van der Waals surface area contributed by atoms with Crippen LogP contribution in [0.2, 0.25) is 0 Å². The smallest absolute Gasteiger partial charge is 0.194 e. The highest BCUT2D eigenvalue weighted by Crippen LogP contribution is 2.69. The Morgan fingerprint density at radius 1 is 0.750 bits per heavy atom. The largest absolute Gasteiger partial charge is 0.507 e. The molecule has 146 valence electrons. The standard InChI is InChI=1S/C23H25O2PS2/c1-27-26(25,28-2)17-20-15-21(13-18-9-5-3-6-10-18)23(24)22(16-20)14-19-11-7-4-8-12-19/h3-12,15-16,24H,13-14,17H2,1-2H3. The summed E-state index contributed by atoms with van der Waals surface area (Å²) in [6.07, 6.45) is 5.66. The first-order valence-corrected chi connectivity index (χ1v) is 14.7. The first-order valence-electron chi connectivity index (χ1n) is 9.15. The molecule has 3 aromatic carbocycles. The average Bonchev–Trinajstić information content (AvgIpc) is 2.73. The SMILES string of the molecule is CSP(=O)(Cc1cc(Cc2ccccc2)c(O)c(Cc2ccccc2)c1)SC. The van der Waals surface area contributed by atoms with Crippen LogP contribution in [0.1, 0.15) is 27.8 Å². The molecule has 28 heavy (non-hydrogen) atoms. The number of rotatable bonds is 8. The summed E-state index contributed by atoms with van der Waals surface area (Å²) in [6.45, 7) is 0. The number of hydrogen-bond donors (Lipinski definition) is 1. The molecule has 5 heteroatoms. The lowest BCUT2D eigenvalue weighted by Gasteiger charge is -2.17. The fraction of sp³-hybridized carbons (Fsp3) is 0.217. The molecule has 0 heterocycles. The summed E-state index contributed by atoms with van der Waals surface area (Å²) < 4.78 is 13.0. The fourth-order valence-electron chi connectivity index (χ4n) is 3.25. The number of benzene rings is 3. The third kappa shape index (κ3) is 5.47. The van der Waals surface area contributed by atoms with E-state index < -0.39 is 5.55 Å². The highest BCUT2D eigenvalue weighted by molar-refractivity contribution is 8.90. The lowest BCUT2D eigenvalue weighted by molar-refractivity contribution is 0.463. The molecule has 0 radical (unpaired) electrons. The summed E-state index contributed by atoms with van der Waals surface area (Å²) in [5, 5.41) is 11.0. The molecule has 0 atom stereocenters. The van der Waals surface area contributed by atoms with Crippen molar-refractivity contribution >= 4 is 28.3 Å². The molecule has 0 spiro atoms. The van der Waals surface area contributed by atoms with Crippen LogP contribution >= 0.6 is 28.3 Å². The maximum absolute atomic E-state index is 13.0. The Balaban J connectivity index is 2.00. The zero-order valence-electron chi connectivity index (χ0n) is 16.2. The summed E-state index contributed by atoms with van der Waals surface area (Å²) >= 11 is 2.89. The third-order valence-corrected chi connectivity index (χ3v) is 13.4.